The molecule has 0 aliphatic carbocycles. The fraction of sp³-hybridized carbons (Fsp3) is 0.571. The number of rotatable bonds is 6. The minimum Gasteiger partial charge on any atom is -0.466 e. The van der Waals surface area contributed by atoms with Crippen molar-refractivity contribution in [2.24, 2.45) is 5.92 Å². The van der Waals surface area contributed by atoms with Crippen LogP contribution in [0.5, 0.6) is 0 Å². The van der Waals surface area contributed by atoms with Crippen molar-refractivity contribution in [3.05, 3.63) is 17.5 Å². The third-order valence-electron chi connectivity index (χ3n) is 3.57. The van der Waals surface area contributed by atoms with Gasteiger partial charge < -0.3 is 9.64 Å². The third kappa shape index (κ3) is 4.76. The van der Waals surface area contributed by atoms with E-state index in [2.05, 4.69) is 4.72 Å². The molecule has 1 aromatic rings. The van der Waals surface area contributed by atoms with Crippen LogP contribution in [0.15, 0.2) is 21.7 Å². The summed E-state index contributed by atoms with van der Waals surface area (Å²) in [5, 5.41) is 1.66. The van der Waals surface area contributed by atoms with Gasteiger partial charge in [-0.1, -0.05) is 6.07 Å². The van der Waals surface area contributed by atoms with Crippen molar-refractivity contribution in [1.82, 2.24) is 9.62 Å². The molecule has 0 saturated carbocycles. The van der Waals surface area contributed by atoms with Gasteiger partial charge in [0.05, 0.1) is 19.1 Å². The van der Waals surface area contributed by atoms with E-state index in [0.717, 1.165) is 11.3 Å². The molecule has 0 spiro atoms. The number of nitrogens with zero attached hydrogens (tertiary/aromatic N) is 1. The summed E-state index contributed by atoms with van der Waals surface area (Å²) in [5.74, 6) is -0.968. The van der Waals surface area contributed by atoms with E-state index in [-0.39, 0.29) is 35.1 Å². The van der Waals surface area contributed by atoms with Gasteiger partial charge in [0.2, 0.25) is 5.91 Å². The maximum Gasteiger partial charge on any atom is 0.310 e. The summed E-state index contributed by atoms with van der Waals surface area (Å²) in [7, 11) is -3.66. The Bertz CT molecular complexity index is 642. The second kappa shape index (κ2) is 7.89. The normalized spacial score (nSPS) is 18.7. The summed E-state index contributed by atoms with van der Waals surface area (Å²) in [6.45, 7) is 2.54. The molecule has 1 aliphatic heterocycles. The van der Waals surface area contributed by atoms with Gasteiger partial charge in [0.25, 0.3) is 10.0 Å². The molecule has 0 aromatic carbocycles. The maximum atomic E-state index is 12.2. The lowest BCUT2D eigenvalue weighted by Crippen LogP contribution is -2.46. The van der Waals surface area contributed by atoms with Crippen LogP contribution >= 0.6 is 11.3 Å². The molecule has 1 atom stereocenters. The summed E-state index contributed by atoms with van der Waals surface area (Å²) in [5.41, 5.74) is 0. The number of thiophene rings is 1. The molecule has 1 fully saturated rings. The molecular formula is C14H20N2O5S2. The Hall–Kier alpha value is -1.45. The second-order valence-electron chi connectivity index (χ2n) is 5.19. The van der Waals surface area contributed by atoms with Gasteiger partial charge in [-0.05, 0) is 31.2 Å². The van der Waals surface area contributed by atoms with Crippen molar-refractivity contribution in [2.45, 2.75) is 24.0 Å². The highest BCUT2D eigenvalue weighted by atomic mass is 32.2. The van der Waals surface area contributed by atoms with E-state index >= 15 is 0 Å². The van der Waals surface area contributed by atoms with E-state index in [9.17, 15) is 18.0 Å². The van der Waals surface area contributed by atoms with Crippen LogP contribution in [0.3, 0.4) is 0 Å². The standard InChI is InChI=1S/C14H20N2O5S2/c1-2-21-14(18)11-5-3-7-16(10-11)12(17)9-15-23(19,20)13-6-4-8-22-13/h4,6,8,11,15H,2-3,5,7,9-10H2,1H3. The van der Waals surface area contributed by atoms with E-state index < -0.39 is 10.0 Å². The fourth-order valence-electron chi connectivity index (χ4n) is 2.41. The Morgan fingerprint density at radius 1 is 1.48 bits per heavy atom. The van der Waals surface area contributed by atoms with Crippen molar-refractivity contribution in [3.8, 4) is 0 Å². The molecule has 23 heavy (non-hydrogen) atoms. The number of sulfonamides is 1. The number of likely N-dealkylation sites (tertiary alicyclic amines) is 1. The van der Waals surface area contributed by atoms with Crippen LogP contribution < -0.4 is 4.72 Å². The maximum absolute atomic E-state index is 12.2. The van der Waals surface area contributed by atoms with Crippen LogP contribution in [0.1, 0.15) is 19.8 Å². The number of esters is 1. The Morgan fingerprint density at radius 3 is 2.91 bits per heavy atom. The lowest BCUT2D eigenvalue weighted by molar-refractivity contribution is -0.151. The Morgan fingerprint density at radius 2 is 2.26 bits per heavy atom. The van der Waals surface area contributed by atoms with E-state index in [1.807, 2.05) is 0 Å². The van der Waals surface area contributed by atoms with Gasteiger partial charge in [-0.2, -0.15) is 0 Å². The van der Waals surface area contributed by atoms with E-state index in [4.69, 9.17) is 4.74 Å². The van der Waals surface area contributed by atoms with Gasteiger partial charge in [-0.25, -0.2) is 13.1 Å². The van der Waals surface area contributed by atoms with Crippen molar-refractivity contribution in [3.63, 3.8) is 0 Å². The minimum absolute atomic E-state index is 0.174. The molecule has 9 heteroatoms. The fourth-order valence-corrected chi connectivity index (χ4v) is 4.42. The summed E-state index contributed by atoms with van der Waals surface area (Å²) in [6, 6.07) is 3.12. The number of carbonyl (C=O) groups is 2. The highest BCUT2D eigenvalue weighted by Crippen LogP contribution is 2.18. The number of amides is 1. The zero-order valence-electron chi connectivity index (χ0n) is 12.9. The average Bonchev–Trinajstić information content (AvgIpc) is 3.08. The first-order valence-electron chi connectivity index (χ1n) is 7.41. The van der Waals surface area contributed by atoms with Crippen LogP contribution in [0.25, 0.3) is 0 Å². The van der Waals surface area contributed by atoms with Crippen molar-refractivity contribution in [1.29, 1.82) is 0 Å². The third-order valence-corrected chi connectivity index (χ3v) is 6.37. The Labute approximate surface area is 139 Å². The average molecular weight is 360 g/mol. The molecule has 1 aliphatic rings. The van der Waals surface area contributed by atoms with Crippen LogP contribution in [0.2, 0.25) is 0 Å². The SMILES string of the molecule is CCOC(=O)C1CCCN(C(=O)CNS(=O)(=O)c2cccs2)C1. The van der Waals surface area contributed by atoms with E-state index in [1.165, 1.54) is 11.0 Å². The molecular weight excluding hydrogens is 340 g/mol. The van der Waals surface area contributed by atoms with E-state index in [1.54, 1.807) is 18.4 Å². The van der Waals surface area contributed by atoms with Gasteiger partial charge in [0.1, 0.15) is 4.21 Å². The molecule has 2 rings (SSSR count). The first kappa shape index (κ1) is 17.9. The van der Waals surface area contributed by atoms with Crippen molar-refractivity contribution in [2.75, 3.05) is 26.2 Å². The van der Waals surface area contributed by atoms with Gasteiger partial charge in [0, 0.05) is 13.1 Å². The second-order valence-corrected chi connectivity index (χ2v) is 8.13. The Kier molecular flexibility index (Phi) is 6.14. The number of hydrogen-bond donors (Lipinski definition) is 1. The quantitative estimate of drug-likeness (QED) is 0.759. The summed E-state index contributed by atoms with van der Waals surface area (Å²) in [6.07, 6.45) is 1.39. The predicted molar refractivity (Wildman–Crippen MR) is 85.4 cm³/mol. The minimum atomic E-state index is -3.66. The van der Waals surface area contributed by atoms with Crippen LogP contribution in [0.4, 0.5) is 0 Å². The van der Waals surface area contributed by atoms with Gasteiger partial charge in [-0.15, -0.1) is 11.3 Å². The lowest BCUT2D eigenvalue weighted by Gasteiger charge is -2.31. The largest absolute Gasteiger partial charge is 0.466 e. The van der Waals surface area contributed by atoms with Gasteiger partial charge >= 0.3 is 5.97 Å². The van der Waals surface area contributed by atoms with Crippen LogP contribution in [0, 0.1) is 5.92 Å². The summed E-state index contributed by atoms with van der Waals surface area (Å²) < 4.78 is 31.4. The number of carbonyl (C=O) groups excluding carboxylic acids is 2. The van der Waals surface area contributed by atoms with Crippen LogP contribution in [-0.2, 0) is 24.3 Å². The molecule has 0 bridgehead atoms. The highest BCUT2D eigenvalue weighted by Gasteiger charge is 2.29. The van der Waals surface area contributed by atoms with Crippen molar-refractivity contribution >= 4 is 33.2 Å². The molecule has 0 radical (unpaired) electrons. The molecule has 7 nitrogen and oxygen atoms in total. The summed E-state index contributed by atoms with van der Waals surface area (Å²) in [4.78, 5) is 25.5. The van der Waals surface area contributed by atoms with Gasteiger partial charge in [-0.3, -0.25) is 9.59 Å². The molecule has 1 aromatic heterocycles. The smallest absolute Gasteiger partial charge is 0.310 e. The number of nitrogens with one attached hydrogen (secondary N) is 1. The first-order valence-corrected chi connectivity index (χ1v) is 9.78. The number of hydrogen-bond acceptors (Lipinski definition) is 6. The topological polar surface area (TPSA) is 92.8 Å². The number of ether oxygens (including phenoxy) is 1. The van der Waals surface area contributed by atoms with Gasteiger partial charge in [0.15, 0.2) is 0 Å². The lowest BCUT2D eigenvalue weighted by atomic mass is 9.98. The van der Waals surface area contributed by atoms with Crippen molar-refractivity contribution < 1.29 is 22.7 Å². The molecule has 1 unspecified atom stereocenters. The molecule has 128 valence electrons. The predicted octanol–water partition coefficient (Wildman–Crippen LogP) is 0.828. The molecule has 2 heterocycles. The Balaban J connectivity index is 1.89. The monoisotopic (exact) mass is 360 g/mol. The number of piperidine rings is 1. The van der Waals surface area contributed by atoms with E-state index in [0.29, 0.717) is 26.0 Å². The summed E-state index contributed by atoms with van der Waals surface area (Å²) >= 11 is 1.09. The molecule has 1 saturated heterocycles. The first-order chi connectivity index (χ1) is 10.9. The highest BCUT2D eigenvalue weighted by molar-refractivity contribution is 7.91. The zero-order chi connectivity index (χ0) is 16.9. The molecule has 1 N–H and O–H groups in total. The molecule has 1 amide bonds. The zero-order valence-corrected chi connectivity index (χ0v) is 14.5. The van der Waals surface area contributed by atoms with Crippen LogP contribution in [-0.4, -0.2) is 51.4 Å².